The Labute approximate surface area is 116 Å². The second-order valence-corrected chi connectivity index (χ2v) is 5.65. The molecule has 8 heteroatoms. The number of carbonyl (C=O) groups excluding carboxylic acids is 1. The van der Waals surface area contributed by atoms with Crippen LogP contribution in [0.4, 0.5) is 0 Å². The zero-order valence-electron chi connectivity index (χ0n) is 10.5. The van der Waals surface area contributed by atoms with Gasteiger partial charge in [-0.3, -0.25) is 14.0 Å². The van der Waals surface area contributed by atoms with Crippen LogP contribution in [-0.2, 0) is 4.79 Å². The fourth-order valence-corrected chi connectivity index (χ4v) is 2.81. The zero-order chi connectivity index (χ0) is 14.5. The van der Waals surface area contributed by atoms with Crippen molar-refractivity contribution in [1.29, 1.82) is 0 Å². The second kappa shape index (κ2) is 4.14. The first-order valence-electron chi connectivity index (χ1n) is 5.96. The minimum absolute atomic E-state index is 0.142. The third-order valence-electron chi connectivity index (χ3n) is 3.37. The lowest BCUT2D eigenvalue weighted by atomic mass is 10.2. The number of hydrogen-bond acceptors (Lipinski definition) is 5. The highest BCUT2D eigenvalue weighted by atomic mass is 32.1. The molecule has 1 aliphatic carbocycles. The summed E-state index contributed by atoms with van der Waals surface area (Å²) in [5, 5.41) is 13.2. The Bertz CT molecular complexity index is 788. The predicted octanol–water partition coefficient (Wildman–Crippen LogP) is 0.411. The zero-order valence-corrected chi connectivity index (χ0v) is 11.4. The fraction of sp³-hybridized carbons (Fsp3) is 0.333. The van der Waals surface area contributed by atoms with Crippen LogP contribution in [0, 0.1) is 6.92 Å². The number of fused-ring (bicyclic) bond motifs is 1. The number of aromatic nitrogens is 2. The molecule has 0 radical (unpaired) electrons. The minimum atomic E-state index is -1.22. The number of nitrogens with one attached hydrogen (secondary N) is 1. The van der Waals surface area contributed by atoms with Crippen LogP contribution < -0.4 is 10.9 Å². The first-order valence-corrected chi connectivity index (χ1v) is 6.84. The summed E-state index contributed by atoms with van der Waals surface area (Å²) >= 11 is 1.30. The summed E-state index contributed by atoms with van der Waals surface area (Å²) in [7, 11) is 0. The number of carbonyl (C=O) groups is 2. The van der Waals surface area contributed by atoms with Crippen molar-refractivity contribution in [2.45, 2.75) is 25.3 Å². The maximum atomic E-state index is 12.2. The topological polar surface area (TPSA) is 101 Å². The van der Waals surface area contributed by atoms with E-state index in [4.69, 9.17) is 5.11 Å². The smallest absolute Gasteiger partial charge is 0.329 e. The number of thiazole rings is 1. The number of nitrogens with zero attached hydrogens (tertiary/aromatic N) is 2. The molecule has 0 saturated heterocycles. The van der Waals surface area contributed by atoms with E-state index in [0.717, 1.165) is 0 Å². The number of carboxylic acid groups (broad SMARTS) is 1. The summed E-state index contributed by atoms with van der Waals surface area (Å²) in [5.74, 6) is -1.77. The van der Waals surface area contributed by atoms with Crippen molar-refractivity contribution in [3.8, 4) is 0 Å². The second-order valence-electron chi connectivity index (χ2n) is 4.81. The van der Waals surface area contributed by atoms with Crippen molar-refractivity contribution in [2.24, 2.45) is 0 Å². The quantitative estimate of drug-likeness (QED) is 0.853. The molecule has 1 fully saturated rings. The van der Waals surface area contributed by atoms with Crippen LogP contribution in [0.2, 0.25) is 0 Å². The lowest BCUT2D eigenvalue weighted by Gasteiger charge is -2.11. The highest BCUT2D eigenvalue weighted by Gasteiger charge is 2.51. The van der Waals surface area contributed by atoms with Gasteiger partial charge in [-0.25, -0.2) is 9.78 Å². The van der Waals surface area contributed by atoms with Crippen molar-refractivity contribution < 1.29 is 14.7 Å². The molecule has 1 saturated carbocycles. The molecule has 3 rings (SSSR count). The van der Waals surface area contributed by atoms with Crippen LogP contribution in [0.5, 0.6) is 0 Å². The highest BCUT2D eigenvalue weighted by molar-refractivity contribution is 7.15. The molecular weight excluding hydrogens is 282 g/mol. The Morgan fingerprint density at radius 1 is 1.50 bits per heavy atom. The van der Waals surface area contributed by atoms with Crippen molar-refractivity contribution >= 4 is 28.2 Å². The number of carboxylic acids is 1. The van der Waals surface area contributed by atoms with E-state index in [1.165, 1.54) is 21.9 Å². The average Bonchev–Trinajstić information content (AvgIpc) is 3.07. The predicted molar refractivity (Wildman–Crippen MR) is 71.1 cm³/mol. The Morgan fingerprint density at radius 3 is 2.80 bits per heavy atom. The van der Waals surface area contributed by atoms with E-state index in [1.54, 1.807) is 12.3 Å². The molecule has 0 aliphatic heterocycles. The van der Waals surface area contributed by atoms with Crippen LogP contribution >= 0.6 is 11.3 Å². The van der Waals surface area contributed by atoms with Crippen LogP contribution in [-0.4, -0.2) is 31.9 Å². The largest absolute Gasteiger partial charge is 0.480 e. The third kappa shape index (κ3) is 1.80. The summed E-state index contributed by atoms with van der Waals surface area (Å²) in [6.45, 7) is 1.74. The molecular formula is C12H11N3O4S. The van der Waals surface area contributed by atoms with Gasteiger partial charge in [-0.1, -0.05) is 0 Å². The molecule has 2 heterocycles. The van der Waals surface area contributed by atoms with Crippen LogP contribution in [0.3, 0.4) is 0 Å². The Hall–Kier alpha value is -2.22. The maximum absolute atomic E-state index is 12.2. The van der Waals surface area contributed by atoms with E-state index in [9.17, 15) is 14.4 Å². The van der Waals surface area contributed by atoms with Gasteiger partial charge in [0.25, 0.3) is 11.5 Å². The normalized spacial score (nSPS) is 16.1. The van der Waals surface area contributed by atoms with E-state index < -0.39 is 23.0 Å². The minimum Gasteiger partial charge on any atom is -0.480 e. The van der Waals surface area contributed by atoms with E-state index in [1.807, 2.05) is 0 Å². The van der Waals surface area contributed by atoms with Gasteiger partial charge >= 0.3 is 5.97 Å². The van der Waals surface area contributed by atoms with E-state index in [-0.39, 0.29) is 5.56 Å². The monoisotopic (exact) mass is 293 g/mol. The van der Waals surface area contributed by atoms with E-state index in [0.29, 0.717) is 23.5 Å². The van der Waals surface area contributed by atoms with Gasteiger partial charge < -0.3 is 10.4 Å². The standard InChI is InChI=1S/C12H11N3O4S/c1-6-5-20-11-13-4-7(9(17)15(6)11)8(16)14-12(2-3-12)10(18)19/h4-5H,2-3H2,1H3,(H,14,16)(H,18,19). The van der Waals surface area contributed by atoms with Crippen molar-refractivity contribution in [3.63, 3.8) is 0 Å². The number of aliphatic carboxylic acids is 1. The molecule has 0 spiro atoms. The molecule has 7 nitrogen and oxygen atoms in total. The summed E-state index contributed by atoms with van der Waals surface area (Å²) in [4.78, 5) is 39.9. The van der Waals surface area contributed by atoms with Crippen molar-refractivity contribution in [1.82, 2.24) is 14.7 Å². The molecule has 2 aromatic rings. The number of hydrogen-bond donors (Lipinski definition) is 2. The third-order valence-corrected chi connectivity index (χ3v) is 4.33. The Morgan fingerprint density at radius 2 is 2.20 bits per heavy atom. The molecule has 0 bridgehead atoms. The van der Waals surface area contributed by atoms with Gasteiger partial charge in [0.05, 0.1) is 0 Å². The van der Waals surface area contributed by atoms with Gasteiger partial charge in [0.1, 0.15) is 11.1 Å². The van der Waals surface area contributed by atoms with Gasteiger partial charge in [0.15, 0.2) is 4.96 Å². The molecule has 2 aromatic heterocycles. The van der Waals surface area contributed by atoms with E-state index >= 15 is 0 Å². The average molecular weight is 293 g/mol. The van der Waals surface area contributed by atoms with Crippen molar-refractivity contribution in [3.05, 3.63) is 33.2 Å². The first kappa shape index (κ1) is 12.8. The van der Waals surface area contributed by atoms with Gasteiger partial charge in [-0.15, -0.1) is 11.3 Å². The lowest BCUT2D eigenvalue weighted by molar-refractivity contribution is -0.140. The van der Waals surface area contributed by atoms with Crippen LogP contribution in [0.25, 0.3) is 4.96 Å². The van der Waals surface area contributed by atoms with Gasteiger partial charge in [-0.2, -0.15) is 0 Å². The SMILES string of the molecule is Cc1csc2ncc(C(=O)NC3(C(=O)O)CC3)c(=O)n12. The van der Waals surface area contributed by atoms with Crippen LogP contribution in [0.1, 0.15) is 28.9 Å². The number of aryl methyl sites for hydroxylation is 1. The van der Waals surface area contributed by atoms with Crippen LogP contribution in [0.15, 0.2) is 16.4 Å². The highest BCUT2D eigenvalue weighted by Crippen LogP contribution is 2.35. The molecule has 0 unspecified atom stereocenters. The molecule has 0 atom stereocenters. The summed E-state index contributed by atoms with van der Waals surface area (Å²) in [5.41, 5.74) is -1.15. The Balaban J connectivity index is 2.00. The molecule has 2 N–H and O–H groups in total. The summed E-state index contributed by atoms with van der Waals surface area (Å²) in [6.07, 6.45) is 1.95. The lowest BCUT2D eigenvalue weighted by Crippen LogP contribution is -2.45. The molecule has 0 aromatic carbocycles. The molecule has 20 heavy (non-hydrogen) atoms. The van der Waals surface area contributed by atoms with E-state index in [2.05, 4.69) is 10.3 Å². The Kier molecular flexibility index (Phi) is 2.65. The van der Waals surface area contributed by atoms with Gasteiger partial charge in [-0.05, 0) is 19.8 Å². The first-order chi connectivity index (χ1) is 9.44. The fourth-order valence-electron chi connectivity index (χ4n) is 1.98. The molecule has 104 valence electrons. The van der Waals surface area contributed by atoms with Gasteiger partial charge in [0.2, 0.25) is 0 Å². The number of amides is 1. The molecule has 1 aliphatic rings. The van der Waals surface area contributed by atoms with Gasteiger partial charge in [0, 0.05) is 17.3 Å². The summed E-state index contributed by atoms with van der Waals surface area (Å²) in [6, 6.07) is 0. The van der Waals surface area contributed by atoms with Crippen molar-refractivity contribution in [2.75, 3.05) is 0 Å². The summed E-state index contributed by atoms with van der Waals surface area (Å²) < 4.78 is 1.35. The number of rotatable bonds is 3. The maximum Gasteiger partial charge on any atom is 0.329 e. The molecule has 1 amide bonds.